The van der Waals surface area contributed by atoms with E-state index < -0.39 is 0 Å². The monoisotopic (exact) mass is 217 g/mol. The molecule has 4 heteroatoms. The zero-order valence-electron chi connectivity index (χ0n) is 7.62. The van der Waals surface area contributed by atoms with Gasteiger partial charge in [0.05, 0.1) is 11.9 Å². The lowest BCUT2D eigenvalue weighted by Gasteiger charge is -1.95. The lowest BCUT2D eigenvalue weighted by molar-refractivity contribution is 0.569. The van der Waals surface area contributed by atoms with Crippen molar-refractivity contribution in [3.8, 4) is 22.6 Å². The molecule has 1 aliphatic heterocycles. The van der Waals surface area contributed by atoms with E-state index in [-0.39, 0.29) is 0 Å². The van der Waals surface area contributed by atoms with E-state index in [4.69, 9.17) is 16.0 Å². The number of nitrogens with one attached hydrogen (secondary N) is 1. The summed E-state index contributed by atoms with van der Waals surface area (Å²) < 4.78 is 5.36. The van der Waals surface area contributed by atoms with Gasteiger partial charge in [0, 0.05) is 11.1 Å². The molecule has 0 bridgehead atoms. The van der Waals surface area contributed by atoms with Crippen LogP contribution in [0, 0.1) is 6.20 Å². The Balaban J connectivity index is 2.20. The number of hydrogen-bond donors (Lipinski definition) is 1. The summed E-state index contributed by atoms with van der Waals surface area (Å²) in [5.41, 5.74) is 2.85. The molecule has 3 rings (SSSR count). The van der Waals surface area contributed by atoms with Gasteiger partial charge in [-0.2, -0.15) is 5.10 Å². The van der Waals surface area contributed by atoms with E-state index in [1.165, 1.54) is 0 Å². The van der Waals surface area contributed by atoms with E-state index in [2.05, 4.69) is 16.4 Å². The number of halogens is 1. The highest BCUT2D eigenvalue weighted by Crippen LogP contribution is 2.32. The molecule has 3 nitrogen and oxygen atoms in total. The van der Waals surface area contributed by atoms with E-state index in [1.54, 1.807) is 12.1 Å². The molecule has 15 heavy (non-hydrogen) atoms. The molecule has 0 aromatic carbocycles. The minimum absolute atomic E-state index is 0.383. The van der Waals surface area contributed by atoms with Crippen molar-refractivity contribution in [2.75, 3.05) is 0 Å². The van der Waals surface area contributed by atoms with Crippen molar-refractivity contribution in [1.29, 1.82) is 0 Å². The van der Waals surface area contributed by atoms with Gasteiger partial charge in [0.1, 0.15) is 5.76 Å². The summed E-state index contributed by atoms with van der Waals surface area (Å²) in [7, 11) is 0. The number of fused-ring (bicyclic) bond motifs is 1. The number of aromatic nitrogens is 2. The van der Waals surface area contributed by atoms with Crippen molar-refractivity contribution in [1.82, 2.24) is 10.2 Å². The van der Waals surface area contributed by atoms with Crippen LogP contribution in [0.3, 0.4) is 0 Å². The van der Waals surface area contributed by atoms with Crippen LogP contribution in [0.1, 0.15) is 0 Å². The van der Waals surface area contributed by atoms with Crippen LogP contribution in [0.4, 0.5) is 0 Å². The second-order valence-electron chi connectivity index (χ2n) is 3.20. The maximum Gasteiger partial charge on any atom is 0.193 e. The van der Waals surface area contributed by atoms with Crippen molar-refractivity contribution in [3.05, 3.63) is 41.7 Å². The Morgan fingerprint density at radius 3 is 3.00 bits per heavy atom. The van der Waals surface area contributed by atoms with Crippen LogP contribution in [0.2, 0.25) is 5.22 Å². The molecule has 0 atom stereocenters. The molecule has 2 heterocycles. The molecule has 0 saturated carbocycles. The average Bonchev–Trinajstić information content (AvgIpc) is 2.84. The van der Waals surface area contributed by atoms with Gasteiger partial charge in [-0.05, 0) is 41.9 Å². The third-order valence-corrected chi connectivity index (χ3v) is 2.43. The smallest absolute Gasteiger partial charge is 0.193 e. The van der Waals surface area contributed by atoms with Gasteiger partial charge in [0.25, 0.3) is 0 Å². The minimum atomic E-state index is 0.383. The first kappa shape index (κ1) is 8.56. The molecule has 2 aliphatic rings. The Hall–Kier alpha value is -1.74. The van der Waals surface area contributed by atoms with Crippen LogP contribution in [-0.2, 0) is 0 Å². The highest BCUT2D eigenvalue weighted by atomic mass is 35.5. The van der Waals surface area contributed by atoms with Gasteiger partial charge in [0.2, 0.25) is 0 Å². The van der Waals surface area contributed by atoms with Crippen molar-refractivity contribution in [2.24, 2.45) is 0 Å². The molecule has 0 fully saturated rings. The van der Waals surface area contributed by atoms with E-state index in [0.717, 1.165) is 22.6 Å². The Kier molecular flexibility index (Phi) is 1.79. The standard InChI is InChI=1S/C11H6ClN2O/c12-11-2-1-7-5-8(6-10(7)15-11)9-3-4-13-14-9/h1-3,5-6H,(H,13,14). The first-order valence-corrected chi connectivity index (χ1v) is 4.82. The predicted molar refractivity (Wildman–Crippen MR) is 56.8 cm³/mol. The SMILES string of the molecule is Clc1ccc2cc(-c3c[c][nH]n3)cc-2o1. The molecule has 1 aromatic heterocycles. The summed E-state index contributed by atoms with van der Waals surface area (Å²) in [5, 5.41) is 7.08. The molecule has 0 spiro atoms. The second kappa shape index (κ2) is 3.14. The highest BCUT2D eigenvalue weighted by molar-refractivity contribution is 6.28. The fourth-order valence-electron chi connectivity index (χ4n) is 1.54. The number of H-pyrrole nitrogens is 1. The lowest BCUT2D eigenvalue weighted by atomic mass is 10.2. The molecule has 0 amide bonds. The molecule has 0 unspecified atom stereocenters. The summed E-state index contributed by atoms with van der Waals surface area (Å²) in [6.07, 6.45) is 2.79. The summed E-state index contributed by atoms with van der Waals surface area (Å²) in [6.45, 7) is 0. The molecular formula is C11H6ClN2O. The number of aromatic amines is 1. The molecule has 73 valence electrons. The zero-order chi connectivity index (χ0) is 10.3. The summed E-state index contributed by atoms with van der Waals surface area (Å²) in [6, 6.07) is 9.34. The van der Waals surface area contributed by atoms with Gasteiger partial charge >= 0.3 is 0 Å². The van der Waals surface area contributed by atoms with E-state index in [1.807, 2.05) is 18.2 Å². The number of hydrogen-bond acceptors (Lipinski definition) is 2. The summed E-state index contributed by atoms with van der Waals surface area (Å²) in [4.78, 5) is 0. The summed E-state index contributed by atoms with van der Waals surface area (Å²) in [5.74, 6) is 0.764. The lowest BCUT2D eigenvalue weighted by Crippen LogP contribution is -1.71. The van der Waals surface area contributed by atoms with E-state index >= 15 is 0 Å². The Labute approximate surface area is 91.0 Å². The molecule has 1 aliphatic carbocycles. The maximum absolute atomic E-state index is 5.76. The molecule has 1 radical (unpaired) electrons. The van der Waals surface area contributed by atoms with Crippen molar-refractivity contribution >= 4 is 11.6 Å². The van der Waals surface area contributed by atoms with Crippen LogP contribution in [0.15, 0.2) is 34.7 Å². The van der Waals surface area contributed by atoms with Crippen LogP contribution in [-0.4, -0.2) is 10.2 Å². The Bertz CT molecular complexity index is 556. The summed E-state index contributed by atoms with van der Waals surface area (Å²) >= 11 is 5.76. The zero-order valence-corrected chi connectivity index (χ0v) is 8.38. The van der Waals surface area contributed by atoms with Gasteiger partial charge in [0.15, 0.2) is 5.22 Å². The second-order valence-corrected chi connectivity index (χ2v) is 3.57. The fourth-order valence-corrected chi connectivity index (χ4v) is 1.69. The van der Waals surface area contributed by atoms with Crippen LogP contribution in [0.25, 0.3) is 22.6 Å². The highest BCUT2D eigenvalue weighted by Gasteiger charge is 2.11. The number of nitrogens with zero attached hydrogens (tertiary/aromatic N) is 1. The van der Waals surface area contributed by atoms with Crippen molar-refractivity contribution < 1.29 is 4.42 Å². The third kappa shape index (κ3) is 1.41. The molecule has 0 saturated heterocycles. The maximum atomic E-state index is 5.76. The van der Waals surface area contributed by atoms with Gasteiger partial charge < -0.3 is 4.42 Å². The fraction of sp³-hybridized carbons (Fsp3) is 0. The van der Waals surface area contributed by atoms with E-state index in [0.29, 0.717) is 5.22 Å². The first-order chi connectivity index (χ1) is 7.33. The molecular weight excluding hydrogens is 212 g/mol. The van der Waals surface area contributed by atoms with Gasteiger partial charge in [-0.1, -0.05) is 0 Å². The molecule has 1 aromatic rings. The van der Waals surface area contributed by atoms with Crippen molar-refractivity contribution in [3.63, 3.8) is 0 Å². The predicted octanol–water partition coefficient (Wildman–Crippen LogP) is 3.23. The van der Waals surface area contributed by atoms with Gasteiger partial charge in [-0.3, -0.25) is 5.10 Å². The molecule has 1 N–H and O–H groups in total. The number of rotatable bonds is 1. The van der Waals surface area contributed by atoms with Gasteiger partial charge in [-0.15, -0.1) is 0 Å². The van der Waals surface area contributed by atoms with Crippen LogP contribution in [0.5, 0.6) is 0 Å². The quantitative estimate of drug-likeness (QED) is 0.680. The van der Waals surface area contributed by atoms with Crippen LogP contribution >= 0.6 is 11.6 Å². The van der Waals surface area contributed by atoms with Gasteiger partial charge in [-0.25, -0.2) is 0 Å². The Morgan fingerprint density at radius 2 is 2.20 bits per heavy atom. The van der Waals surface area contributed by atoms with Crippen molar-refractivity contribution in [2.45, 2.75) is 0 Å². The normalized spacial score (nSPS) is 11.0. The van der Waals surface area contributed by atoms with Crippen LogP contribution < -0.4 is 0 Å². The average molecular weight is 218 g/mol. The minimum Gasteiger partial charge on any atom is -0.445 e. The van der Waals surface area contributed by atoms with E-state index in [9.17, 15) is 0 Å². The topological polar surface area (TPSA) is 41.8 Å². The third-order valence-electron chi connectivity index (χ3n) is 2.23. The Morgan fingerprint density at radius 1 is 1.27 bits per heavy atom. The largest absolute Gasteiger partial charge is 0.445 e. The first-order valence-electron chi connectivity index (χ1n) is 4.44.